The third-order valence-electron chi connectivity index (χ3n) is 5.80. The number of para-hydroxylation sites is 1. The van der Waals surface area contributed by atoms with Crippen LogP contribution in [0.15, 0.2) is 42.7 Å². The maximum Gasteiger partial charge on any atom is 0.270 e. The van der Waals surface area contributed by atoms with Crippen molar-refractivity contribution >= 4 is 16.8 Å². The standard InChI is InChI=1S/C22H29N5O/c1-3-27(22(28)21-11-17-7-4-5-10-20(17)25-21)19-9-6-8-18(12-19)23-13-16-14-24-26(2)15-16/h4-5,7,10-11,14-15,18-19,23,25H,3,6,8-9,12-13H2,1-2H3/t18-,19+/m1/s1. The summed E-state index contributed by atoms with van der Waals surface area (Å²) >= 11 is 0. The van der Waals surface area contributed by atoms with E-state index in [4.69, 9.17) is 0 Å². The smallest absolute Gasteiger partial charge is 0.270 e. The molecule has 4 rings (SSSR count). The molecule has 1 amide bonds. The Kier molecular flexibility index (Phi) is 5.48. The monoisotopic (exact) mass is 379 g/mol. The Morgan fingerprint density at radius 3 is 2.96 bits per heavy atom. The molecule has 3 aromatic rings. The number of aromatic amines is 1. The van der Waals surface area contributed by atoms with Crippen molar-refractivity contribution in [1.82, 2.24) is 25.0 Å². The fourth-order valence-corrected chi connectivity index (χ4v) is 4.37. The second-order valence-electron chi connectivity index (χ2n) is 7.78. The molecule has 1 aliphatic carbocycles. The lowest BCUT2D eigenvalue weighted by molar-refractivity contribution is 0.0623. The Balaban J connectivity index is 1.42. The van der Waals surface area contributed by atoms with Gasteiger partial charge in [0, 0.05) is 54.9 Å². The molecule has 1 saturated carbocycles. The van der Waals surface area contributed by atoms with Crippen LogP contribution >= 0.6 is 0 Å². The number of aryl methyl sites for hydroxylation is 1. The van der Waals surface area contributed by atoms with Gasteiger partial charge in [-0.25, -0.2) is 0 Å². The number of carbonyl (C=O) groups is 1. The first-order valence-corrected chi connectivity index (χ1v) is 10.2. The molecule has 2 atom stereocenters. The van der Waals surface area contributed by atoms with Crippen molar-refractivity contribution in [2.24, 2.45) is 7.05 Å². The van der Waals surface area contributed by atoms with Gasteiger partial charge in [0.25, 0.3) is 5.91 Å². The van der Waals surface area contributed by atoms with E-state index in [9.17, 15) is 4.79 Å². The van der Waals surface area contributed by atoms with Gasteiger partial charge >= 0.3 is 0 Å². The molecular weight excluding hydrogens is 350 g/mol. The van der Waals surface area contributed by atoms with Crippen LogP contribution in [0.3, 0.4) is 0 Å². The number of carbonyl (C=O) groups excluding carboxylic acids is 1. The molecule has 0 aliphatic heterocycles. The second-order valence-corrected chi connectivity index (χ2v) is 7.78. The zero-order chi connectivity index (χ0) is 19.5. The normalized spacial score (nSPS) is 19.8. The molecule has 148 valence electrons. The van der Waals surface area contributed by atoms with E-state index < -0.39 is 0 Å². The Morgan fingerprint density at radius 1 is 1.36 bits per heavy atom. The Hall–Kier alpha value is -2.60. The molecule has 1 aliphatic rings. The van der Waals surface area contributed by atoms with Crippen molar-refractivity contribution in [2.45, 2.75) is 51.2 Å². The summed E-state index contributed by atoms with van der Waals surface area (Å²) < 4.78 is 1.83. The molecule has 0 bridgehead atoms. The second kappa shape index (κ2) is 8.19. The van der Waals surface area contributed by atoms with Crippen LogP contribution in [-0.4, -0.2) is 44.2 Å². The minimum absolute atomic E-state index is 0.108. The largest absolute Gasteiger partial charge is 0.351 e. The average molecular weight is 380 g/mol. The number of benzene rings is 1. The van der Waals surface area contributed by atoms with Crippen LogP contribution < -0.4 is 5.32 Å². The Morgan fingerprint density at radius 2 is 2.21 bits per heavy atom. The van der Waals surface area contributed by atoms with Crippen molar-refractivity contribution in [3.05, 3.63) is 54.0 Å². The maximum absolute atomic E-state index is 13.2. The average Bonchev–Trinajstić information content (AvgIpc) is 3.33. The molecule has 2 heterocycles. The van der Waals surface area contributed by atoms with Gasteiger partial charge in [0.15, 0.2) is 0 Å². The number of aromatic nitrogens is 3. The Labute approximate surface area is 165 Å². The van der Waals surface area contributed by atoms with Crippen LogP contribution in [0.4, 0.5) is 0 Å². The highest BCUT2D eigenvalue weighted by Crippen LogP contribution is 2.25. The summed E-state index contributed by atoms with van der Waals surface area (Å²) in [7, 11) is 1.94. The molecule has 0 unspecified atom stereocenters. The van der Waals surface area contributed by atoms with Crippen LogP contribution in [0.1, 0.15) is 48.7 Å². The lowest BCUT2D eigenvalue weighted by Crippen LogP contribution is -2.46. The fraction of sp³-hybridized carbons (Fsp3) is 0.455. The number of hydrogen-bond donors (Lipinski definition) is 2. The summed E-state index contributed by atoms with van der Waals surface area (Å²) in [5.74, 6) is 0.108. The van der Waals surface area contributed by atoms with Gasteiger partial charge < -0.3 is 15.2 Å². The van der Waals surface area contributed by atoms with Crippen molar-refractivity contribution in [2.75, 3.05) is 6.54 Å². The zero-order valence-electron chi connectivity index (χ0n) is 16.7. The van der Waals surface area contributed by atoms with Gasteiger partial charge in [0.2, 0.25) is 0 Å². The third kappa shape index (κ3) is 3.97. The first-order valence-electron chi connectivity index (χ1n) is 10.2. The number of nitrogens with zero attached hydrogens (tertiary/aromatic N) is 3. The lowest BCUT2D eigenvalue weighted by Gasteiger charge is -2.37. The van der Waals surface area contributed by atoms with E-state index in [1.807, 2.05) is 59.4 Å². The molecule has 6 nitrogen and oxygen atoms in total. The minimum Gasteiger partial charge on any atom is -0.351 e. The van der Waals surface area contributed by atoms with Crippen LogP contribution in [0.25, 0.3) is 10.9 Å². The molecule has 28 heavy (non-hydrogen) atoms. The van der Waals surface area contributed by atoms with E-state index in [0.717, 1.165) is 49.7 Å². The molecule has 2 N–H and O–H groups in total. The van der Waals surface area contributed by atoms with Crippen LogP contribution in [-0.2, 0) is 13.6 Å². The van der Waals surface area contributed by atoms with E-state index >= 15 is 0 Å². The fourth-order valence-electron chi connectivity index (χ4n) is 4.37. The SMILES string of the molecule is CCN(C(=O)c1cc2ccccc2[nH]1)[C@H]1CCC[C@@H](NCc2cnn(C)c2)C1. The van der Waals surface area contributed by atoms with Gasteiger partial charge in [-0.2, -0.15) is 5.10 Å². The summed E-state index contributed by atoms with van der Waals surface area (Å²) in [6, 6.07) is 10.7. The van der Waals surface area contributed by atoms with Gasteiger partial charge in [-0.15, -0.1) is 0 Å². The van der Waals surface area contributed by atoms with Gasteiger partial charge in [-0.1, -0.05) is 18.2 Å². The first-order chi connectivity index (χ1) is 13.6. The van der Waals surface area contributed by atoms with E-state index in [1.54, 1.807) is 0 Å². The van der Waals surface area contributed by atoms with Crippen molar-refractivity contribution < 1.29 is 4.79 Å². The topological polar surface area (TPSA) is 66.0 Å². The Bertz CT molecular complexity index is 910. The number of amides is 1. The van der Waals surface area contributed by atoms with E-state index in [-0.39, 0.29) is 11.9 Å². The van der Waals surface area contributed by atoms with E-state index in [0.29, 0.717) is 11.7 Å². The number of nitrogens with one attached hydrogen (secondary N) is 2. The minimum atomic E-state index is 0.108. The van der Waals surface area contributed by atoms with Gasteiger partial charge in [0.05, 0.1) is 6.20 Å². The van der Waals surface area contributed by atoms with Crippen molar-refractivity contribution in [1.29, 1.82) is 0 Å². The first kappa shape index (κ1) is 18.7. The molecule has 0 saturated heterocycles. The van der Waals surface area contributed by atoms with Crippen LogP contribution in [0.5, 0.6) is 0 Å². The maximum atomic E-state index is 13.2. The molecule has 1 aromatic carbocycles. The molecule has 0 radical (unpaired) electrons. The quantitative estimate of drug-likeness (QED) is 0.689. The number of H-pyrrole nitrogens is 1. The van der Waals surface area contributed by atoms with Crippen molar-refractivity contribution in [3.63, 3.8) is 0 Å². The molecule has 6 heteroatoms. The third-order valence-corrected chi connectivity index (χ3v) is 5.80. The van der Waals surface area contributed by atoms with Gasteiger partial charge in [-0.3, -0.25) is 9.48 Å². The highest BCUT2D eigenvalue weighted by atomic mass is 16.2. The van der Waals surface area contributed by atoms with Crippen molar-refractivity contribution in [3.8, 4) is 0 Å². The van der Waals surface area contributed by atoms with Gasteiger partial charge in [0.1, 0.15) is 5.69 Å². The predicted octanol–water partition coefficient (Wildman–Crippen LogP) is 3.46. The van der Waals surface area contributed by atoms with Crippen LogP contribution in [0, 0.1) is 0 Å². The summed E-state index contributed by atoms with van der Waals surface area (Å²) in [4.78, 5) is 18.5. The highest BCUT2D eigenvalue weighted by molar-refractivity contribution is 5.98. The molecule has 2 aromatic heterocycles. The summed E-state index contributed by atoms with van der Waals surface area (Å²) in [5, 5.41) is 8.98. The highest BCUT2D eigenvalue weighted by Gasteiger charge is 2.29. The van der Waals surface area contributed by atoms with Crippen LogP contribution in [0.2, 0.25) is 0 Å². The molecule has 1 fully saturated rings. The summed E-state index contributed by atoms with van der Waals surface area (Å²) in [6.45, 7) is 3.63. The zero-order valence-corrected chi connectivity index (χ0v) is 16.7. The predicted molar refractivity (Wildman–Crippen MR) is 111 cm³/mol. The lowest BCUT2D eigenvalue weighted by atomic mass is 9.89. The van der Waals surface area contributed by atoms with Gasteiger partial charge in [-0.05, 0) is 44.7 Å². The number of rotatable bonds is 6. The van der Waals surface area contributed by atoms with E-state index in [1.165, 1.54) is 5.56 Å². The summed E-state index contributed by atoms with van der Waals surface area (Å²) in [5.41, 5.74) is 2.90. The number of hydrogen-bond acceptors (Lipinski definition) is 3. The molecule has 0 spiro atoms. The molecular formula is C22H29N5O. The summed E-state index contributed by atoms with van der Waals surface area (Å²) in [6.07, 6.45) is 8.34. The van der Waals surface area contributed by atoms with E-state index in [2.05, 4.69) is 22.3 Å². The number of fused-ring (bicyclic) bond motifs is 1.